The summed E-state index contributed by atoms with van der Waals surface area (Å²) in [5.74, 6) is 3.54. The van der Waals surface area contributed by atoms with E-state index in [4.69, 9.17) is 31.3 Å². The third-order valence-corrected chi connectivity index (χ3v) is 9.70. The number of ketones is 1. The van der Waals surface area contributed by atoms with E-state index in [9.17, 15) is 9.59 Å². The largest absolute Gasteiger partial charge is 0.469 e. The van der Waals surface area contributed by atoms with E-state index in [0.717, 1.165) is 43.9 Å². The highest BCUT2D eigenvalue weighted by atomic mass is 79.9. The van der Waals surface area contributed by atoms with Crippen LogP contribution < -0.4 is 5.32 Å². The van der Waals surface area contributed by atoms with E-state index in [-0.39, 0.29) is 24.9 Å². The van der Waals surface area contributed by atoms with Crippen LogP contribution in [0.25, 0.3) is 22.8 Å². The van der Waals surface area contributed by atoms with Crippen molar-refractivity contribution in [2.75, 3.05) is 11.1 Å². The molecule has 0 atom stereocenters. The lowest BCUT2D eigenvalue weighted by Gasteiger charge is -1.98. The molecule has 49 heavy (non-hydrogen) atoms. The van der Waals surface area contributed by atoms with Crippen molar-refractivity contribution in [1.82, 2.24) is 24.0 Å². The Bertz CT molecular complexity index is 1890. The number of nitrogens with zero attached hydrogens (tertiary/aromatic N) is 3. The van der Waals surface area contributed by atoms with E-state index in [2.05, 4.69) is 40.0 Å². The molecule has 1 amide bonds. The number of aromatic amines is 1. The summed E-state index contributed by atoms with van der Waals surface area (Å²) >= 11 is 12.0. The Hall–Kier alpha value is -3.77. The van der Waals surface area contributed by atoms with Gasteiger partial charge in [0, 0.05) is 24.0 Å². The normalized spacial score (nSPS) is 10.4. The maximum atomic E-state index is 11.9. The Morgan fingerprint density at radius 2 is 1.53 bits per heavy atom. The highest BCUT2D eigenvalue weighted by molar-refractivity contribution is 9.09. The molecule has 0 bridgehead atoms. The fourth-order valence-corrected chi connectivity index (χ4v) is 6.26. The van der Waals surface area contributed by atoms with E-state index in [1.165, 1.54) is 34.8 Å². The second-order valence-electron chi connectivity index (χ2n) is 9.92. The zero-order chi connectivity index (χ0) is 34.8. The van der Waals surface area contributed by atoms with Crippen molar-refractivity contribution in [3.63, 3.8) is 0 Å². The van der Waals surface area contributed by atoms with Gasteiger partial charge in [-0.15, -0.1) is 0 Å². The van der Waals surface area contributed by atoms with E-state index in [1.54, 1.807) is 18.6 Å². The number of rotatable bonds is 13. The zero-order valence-electron chi connectivity index (χ0n) is 25.9. The van der Waals surface area contributed by atoms with E-state index >= 15 is 0 Å². The standard InChI is InChI=1S/C17H16N2O3S2.C9H8N2OS2.C7H8BrNO2/c20-10-12-3-5-13(6-4-12)16-18-17(24-19-16)23-11-14(21)7-8-15-2-1-9-22-15;12-5-6-1-3-7(4-2-6)8-10-9(13)14-11-8;8-4-7(10)9-5-6-2-1-3-11-6/h1-6,9,20H,7-8,10-11H2;1-4,12H,5H2,(H,10,11,13);1-3H,4-5H2,(H,9,10). The predicted octanol–water partition coefficient (Wildman–Crippen LogP) is 7.24. The lowest BCUT2D eigenvalue weighted by molar-refractivity contribution is -0.119. The van der Waals surface area contributed by atoms with Crippen molar-refractivity contribution in [3.8, 4) is 22.8 Å². The summed E-state index contributed by atoms with van der Waals surface area (Å²) < 4.78 is 19.0. The molecule has 0 aliphatic heterocycles. The van der Waals surface area contributed by atoms with E-state index in [0.29, 0.717) is 40.2 Å². The molecule has 16 heteroatoms. The molecule has 0 saturated heterocycles. The molecule has 0 unspecified atom stereocenters. The summed E-state index contributed by atoms with van der Waals surface area (Å²) in [7, 11) is 0. The number of furan rings is 2. The van der Waals surface area contributed by atoms with Gasteiger partial charge < -0.3 is 24.4 Å². The molecule has 11 nitrogen and oxygen atoms in total. The first-order valence-electron chi connectivity index (χ1n) is 14.7. The summed E-state index contributed by atoms with van der Waals surface area (Å²) in [6.07, 6.45) is 4.29. The van der Waals surface area contributed by atoms with Crippen molar-refractivity contribution in [3.05, 3.63) is 112 Å². The van der Waals surface area contributed by atoms with Gasteiger partial charge in [0.1, 0.15) is 23.1 Å². The first-order chi connectivity index (χ1) is 23.9. The van der Waals surface area contributed by atoms with Gasteiger partial charge in [0.2, 0.25) is 5.91 Å². The van der Waals surface area contributed by atoms with Crippen molar-refractivity contribution >= 4 is 74.7 Å². The van der Waals surface area contributed by atoms with Gasteiger partial charge in [-0.3, -0.25) is 14.0 Å². The van der Waals surface area contributed by atoms with Crippen LogP contribution in [-0.4, -0.2) is 51.7 Å². The first-order valence-corrected chi connectivity index (χ1v) is 18.8. The number of Topliss-reactive ketones (excluding diaryl/α,β-unsaturated/α-hetero) is 1. The Morgan fingerprint density at radius 3 is 2.08 bits per heavy atom. The quantitative estimate of drug-likeness (QED) is 0.0528. The molecule has 0 fully saturated rings. The van der Waals surface area contributed by atoms with Crippen molar-refractivity contribution in [2.45, 2.75) is 36.9 Å². The average molecular weight is 803 g/mol. The minimum atomic E-state index is -0.0404. The zero-order valence-corrected chi connectivity index (χ0v) is 30.8. The molecular formula is C33H32BrN5O6S4. The summed E-state index contributed by atoms with van der Waals surface area (Å²) in [6, 6.07) is 22.3. The first kappa shape index (κ1) is 38.0. The van der Waals surface area contributed by atoms with Crippen molar-refractivity contribution < 1.29 is 28.6 Å². The van der Waals surface area contributed by atoms with Crippen LogP contribution in [0.1, 0.15) is 29.1 Å². The number of hydrogen-bond donors (Lipinski definition) is 4. The van der Waals surface area contributed by atoms with Crippen molar-refractivity contribution in [1.29, 1.82) is 0 Å². The van der Waals surface area contributed by atoms with Crippen LogP contribution in [0.3, 0.4) is 0 Å². The van der Waals surface area contributed by atoms with Crippen LogP contribution in [0, 0.1) is 3.95 Å². The van der Waals surface area contributed by atoms with Gasteiger partial charge in [-0.25, -0.2) is 9.97 Å². The summed E-state index contributed by atoms with van der Waals surface area (Å²) in [5, 5.41) is 20.9. The number of halogens is 1. The van der Waals surface area contributed by atoms with Gasteiger partial charge >= 0.3 is 0 Å². The molecule has 0 radical (unpaired) electrons. The van der Waals surface area contributed by atoms with E-state index in [1.807, 2.05) is 66.7 Å². The number of benzene rings is 2. The Balaban J connectivity index is 0.000000183. The monoisotopic (exact) mass is 801 g/mol. The van der Waals surface area contributed by atoms with Gasteiger partial charge in [0.05, 0.1) is 43.4 Å². The number of carbonyl (C=O) groups is 2. The molecule has 0 spiro atoms. The van der Waals surface area contributed by atoms with Gasteiger partial charge in [-0.05, 0) is 70.7 Å². The lowest BCUT2D eigenvalue weighted by atomic mass is 10.1. The second kappa shape index (κ2) is 20.7. The number of aliphatic hydroxyl groups excluding tert-OH is 2. The number of nitrogens with one attached hydrogen (secondary N) is 2. The number of hydrogen-bond acceptors (Lipinski definition) is 13. The number of thioether (sulfide) groups is 1. The van der Waals surface area contributed by atoms with Crippen LogP contribution in [0.5, 0.6) is 0 Å². The molecule has 0 aliphatic rings. The van der Waals surface area contributed by atoms with Crippen LogP contribution in [-0.2, 0) is 35.8 Å². The fraction of sp³-hybridized carbons (Fsp3) is 0.212. The number of H-pyrrole nitrogens is 1. The van der Waals surface area contributed by atoms with Gasteiger partial charge in [-0.2, -0.15) is 4.37 Å². The lowest BCUT2D eigenvalue weighted by Crippen LogP contribution is -2.23. The molecule has 4 aromatic heterocycles. The van der Waals surface area contributed by atoms with Crippen LogP contribution in [0.4, 0.5) is 0 Å². The minimum absolute atomic E-state index is 0.0198. The smallest absolute Gasteiger partial charge is 0.231 e. The molecule has 2 aromatic carbocycles. The summed E-state index contributed by atoms with van der Waals surface area (Å²) in [5.41, 5.74) is 3.63. The molecule has 6 aromatic rings. The molecule has 0 saturated carbocycles. The Labute approximate surface area is 308 Å². The molecule has 256 valence electrons. The predicted molar refractivity (Wildman–Crippen MR) is 197 cm³/mol. The molecular weight excluding hydrogens is 771 g/mol. The number of aliphatic hydroxyl groups is 2. The fourth-order valence-electron chi connectivity index (χ4n) is 3.84. The topological polar surface area (TPSA) is 167 Å². The maximum Gasteiger partial charge on any atom is 0.231 e. The van der Waals surface area contributed by atoms with Crippen LogP contribution in [0.15, 0.2) is 98.5 Å². The number of amides is 1. The Kier molecular flexibility index (Phi) is 16.0. The SMILES string of the molecule is O=C(CBr)NCc1ccco1.O=C(CCc1ccco1)CSc1nc(-c2ccc(CO)cc2)ns1.OCc1ccc(-c2nc(=S)s[nH]2)cc1. The molecule has 4 N–H and O–H groups in total. The van der Waals surface area contributed by atoms with Gasteiger partial charge in [0.15, 0.2) is 14.1 Å². The molecule has 4 heterocycles. The maximum absolute atomic E-state index is 11.9. The number of alkyl halides is 1. The minimum Gasteiger partial charge on any atom is -0.469 e. The Morgan fingerprint density at radius 1 is 0.898 bits per heavy atom. The van der Waals surface area contributed by atoms with Crippen LogP contribution in [0.2, 0.25) is 0 Å². The molecule has 6 rings (SSSR count). The second-order valence-corrected chi connectivity index (χ2v) is 13.9. The highest BCUT2D eigenvalue weighted by Crippen LogP contribution is 2.26. The number of aryl methyl sites for hydroxylation is 1. The van der Waals surface area contributed by atoms with Crippen molar-refractivity contribution in [2.24, 2.45) is 0 Å². The van der Waals surface area contributed by atoms with Gasteiger partial charge in [-0.1, -0.05) is 76.2 Å². The number of aromatic nitrogens is 4. The summed E-state index contributed by atoms with van der Waals surface area (Å²) in [6.45, 7) is 0.538. The van der Waals surface area contributed by atoms with Crippen LogP contribution >= 0.6 is 63.0 Å². The average Bonchev–Trinajstić information content (AvgIpc) is 3.99. The molecule has 0 aliphatic carbocycles. The van der Waals surface area contributed by atoms with Gasteiger partial charge in [0.25, 0.3) is 0 Å². The summed E-state index contributed by atoms with van der Waals surface area (Å²) in [4.78, 5) is 31.2. The third-order valence-electron chi connectivity index (χ3n) is 6.40. The number of carbonyl (C=O) groups excluding carboxylic acids is 2. The third kappa shape index (κ3) is 13.2. The highest BCUT2D eigenvalue weighted by Gasteiger charge is 2.11. The van der Waals surface area contributed by atoms with E-state index < -0.39 is 0 Å².